The number of anilines is 1. The molecule has 128 valence electrons. The van der Waals surface area contributed by atoms with Crippen molar-refractivity contribution in [2.75, 3.05) is 11.9 Å². The molecule has 1 N–H and O–H groups in total. The highest BCUT2D eigenvalue weighted by molar-refractivity contribution is 7.22. The summed E-state index contributed by atoms with van der Waals surface area (Å²) in [6, 6.07) is 8.90. The molecule has 0 radical (unpaired) electrons. The second kappa shape index (κ2) is 7.16. The molecule has 0 aliphatic rings. The zero-order valence-corrected chi connectivity index (χ0v) is 14.6. The minimum atomic E-state index is -0.712. The Balaban J connectivity index is 1.87. The predicted octanol–water partition coefficient (Wildman–Crippen LogP) is 4.52. The average Bonchev–Trinajstić information content (AvgIpc) is 2.96. The van der Waals surface area contributed by atoms with Crippen LogP contribution >= 0.6 is 22.9 Å². The summed E-state index contributed by atoms with van der Waals surface area (Å²) in [5, 5.41) is 2.83. The fraction of sp³-hybridized carbons (Fsp3) is 0.118. The van der Waals surface area contributed by atoms with Gasteiger partial charge in [0.05, 0.1) is 33.0 Å². The predicted molar refractivity (Wildman–Crippen MR) is 94.9 cm³/mol. The van der Waals surface area contributed by atoms with Gasteiger partial charge in [0.1, 0.15) is 5.82 Å². The number of rotatable bonds is 4. The minimum absolute atomic E-state index is 0.0169. The fourth-order valence-corrected chi connectivity index (χ4v) is 3.34. The Bertz CT molecular complexity index is 953. The normalized spacial score (nSPS) is 10.7. The van der Waals surface area contributed by atoms with Gasteiger partial charge in [0.2, 0.25) is 0 Å². The van der Waals surface area contributed by atoms with Crippen molar-refractivity contribution in [2.45, 2.75) is 6.92 Å². The first kappa shape index (κ1) is 17.3. The Hall–Kier alpha value is -2.51. The van der Waals surface area contributed by atoms with Crippen molar-refractivity contribution >= 4 is 50.2 Å². The van der Waals surface area contributed by atoms with Gasteiger partial charge in [0.15, 0.2) is 5.13 Å². The van der Waals surface area contributed by atoms with E-state index in [1.807, 2.05) is 0 Å². The number of nitrogens with zero attached hydrogens (tertiary/aromatic N) is 1. The Morgan fingerprint density at radius 2 is 2.12 bits per heavy atom. The Morgan fingerprint density at radius 1 is 1.32 bits per heavy atom. The molecule has 0 unspecified atom stereocenters. The van der Waals surface area contributed by atoms with E-state index in [2.05, 4.69) is 10.3 Å². The van der Waals surface area contributed by atoms with E-state index < -0.39 is 17.7 Å². The van der Waals surface area contributed by atoms with Gasteiger partial charge in [-0.1, -0.05) is 29.0 Å². The minimum Gasteiger partial charge on any atom is -0.462 e. The maximum Gasteiger partial charge on any atom is 0.338 e. The van der Waals surface area contributed by atoms with Crippen molar-refractivity contribution in [3.8, 4) is 0 Å². The number of fused-ring (bicyclic) bond motifs is 1. The summed E-state index contributed by atoms with van der Waals surface area (Å²) in [5.41, 5.74) is 0.761. The van der Waals surface area contributed by atoms with E-state index in [0.717, 1.165) is 6.07 Å². The van der Waals surface area contributed by atoms with Crippen LogP contribution in [0.3, 0.4) is 0 Å². The van der Waals surface area contributed by atoms with Crippen LogP contribution in [0.15, 0.2) is 36.4 Å². The number of hydrogen-bond donors (Lipinski definition) is 1. The van der Waals surface area contributed by atoms with Crippen molar-refractivity contribution in [3.63, 3.8) is 0 Å². The molecule has 1 heterocycles. The van der Waals surface area contributed by atoms with Crippen molar-refractivity contribution < 1.29 is 18.7 Å². The van der Waals surface area contributed by atoms with Crippen LogP contribution in [0, 0.1) is 5.82 Å². The number of carbonyl (C=O) groups is 2. The van der Waals surface area contributed by atoms with E-state index in [9.17, 15) is 14.0 Å². The third-order valence-electron chi connectivity index (χ3n) is 3.31. The van der Waals surface area contributed by atoms with Crippen LogP contribution in [0.2, 0.25) is 5.02 Å². The largest absolute Gasteiger partial charge is 0.462 e. The van der Waals surface area contributed by atoms with Crippen LogP contribution in [-0.4, -0.2) is 23.5 Å². The standard InChI is InChI=1S/C17H12ClFN2O3S/c1-2-24-16(23)9-6-7-12-13(8-9)25-17(20-12)21-15(22)14-10(18)4-3-5-11(14)19/h3-8H,2H2,1H3,(H,20,21,22). The van der Waals surface area contributed by atoms with Crippen LogP contribution in [0.4, 0.5) is 9.52 Å². The molecule has 0 aliphatic carbocycles. The quantitative estimate of drug-likeness (QED) is 0.678. The molecule has 3 aromatic rings. The Kier molecular flexibility index (Phi) is 4.96. The summed E-state index contributed by atoms with van der Waals surface area (Å²) in [4.78, 5) is 28.3. The number of thiazole rings is 1. The lowest BCUT2D eigenvalue weighted by Crippen LogP contribution is -2.14. The van der Waals surface area contributed by atoms with Crippen LogP contribution in [0.5, 0.6) is 0 Å². The molecule has 1 amide bonds. The van der Waals surface area contributed by atoms with E-state index in [0.29, 0.717) is 15.8 Å². The van der Waals surface area contributed by atoms with Crippen molar-refractivity contribution in [1.29, 1.82) is 0 Å². The Labute approximate surface area is 151 Å². The number of aromatic nitrogens is 1. The zero-order chi connectivity index (χ0) is 18.0. The number of benzene rings is 2. The average molecular weight is 379 g/mol. The molecule has 0 saturated carbocycles. The number of nitrogens with one attached hydrogen (secondary N) is 1. The van der Waals surface area contributed by atoms with Gasteiger partial charge in [-0.15, -0.1) is 0 Å². The van der Waals surface area contributed by atoms with Gasteiger partial charge in [-0.25, -0.2) is 14.2 Å². The molecule has 0 fully saturated rings. The third kappa shape index (κ3) is 3.62. The third-order valence-corrected chi connectivity index (χ3v) is 4.56. The first-order chi connectivity index (χ1) is 12.0. The topological polar surface area (TPSA) is 68.3 Å². The summed E-state index contributed by atoms with van der Waals surface area (Å²) in [5.74, 6) is -1.83. The molecule has 25 heavy (non-hydrogen) atoms. The molecule has 5 nitrogen and oxygen atoms in total. The van der Waals surface area contributed by atoms with Crippen LogP contribution in [0.25, 0.3) is 10.2 Å². The summed E-state index contributed by atoms with van der Waals surface area (Å²) < 4.78 is 19.5. The first-order valence-corrected chi connectivity index (χ1v) is 8.52. The van der Waals surface area contributed by atoms with E-state index in [1.165, 1.54) is 23.5 Å². The molecule has 0 atom stereocenters. The second-order valence-corrected chi connectivity index (χ2v) is 6.41. The molecule has 3 rings (SSSR count). The van der Waals surface area contributed by atoms with Gasteiger partial charge in [-0.3, -0.25) is 10.1 Å². The van der Waals surface area contributed by atoms with Gasteiger partial charge < -0.3 is 4.74 Å². The summed E-state index contributed by atoms with van der Waals surface area (Å²) in [6.45, 7) is 2.01. The molecule has 8 heteroatoms. The fourth-order valence-electron chi connectivity index (χ4n) is 2.19. The van der Waals surface area contributed by atoms with Gasteiger partial charge >= 0.3 is 5.97 Å². The van der Waals surface area contributed by atoms with Gasteiger partial charge in [0, 0.05) is 0 Å². The smallest absolute Gasteiger partial charge is 0.338 e. The highest BCUT2D eigenvalue weighted by atomic mass is 35.5. The summed E-state index contributed by atoms with van der Waals surface area (Å²) in [6.07, 6.45) is 0. The number of halogens is 2. The highest BCUT2D eigenvalue weighted by Gasteiger charge is 2.18. The number of carbonyl (C=O) groups excluding carboxylic acids is 2. The van der Waals surface area contributed by atoms with Gasteiger partial charge in [-0.05, 0) is 37.3 Å². The van der Waals surface area contributed by atoms with E-state index in [1.54, 1.807) is 25.1 Å². The molecule has 0 spiro atoms. The molecule has 2 aromatic carbocycles. The summed E-state index contributed by atoms with van der Waals surface area (Å²) in [7, 11) is 0. The number of esters is 1. The zero-order valence-electron chi connectivity index (χ0n) is 13.0. The van der Waals surface area contributed by atoms with Gasteiger partial charge in [-0.2, -0.15) is 0 Å². The van der Waals surface area contributed by atoms with Crippen molar-refractivity contribution in [2.24, 2.45) is 0 Å². The molecule has 0 aliphatic heterocycles. The lowest BCUT2D eigenvalue weighted by atomic mass is 10.2. The molecular weight excluding hydrogens is 367 g/mol. The maximum absolute atomic E-state index is 13.8. The second-order valence-electron chi connectivity index (χ2n) is 4.97. The Morgan fingerprint density at radius 3 is 2.84 bits per heavy atom. The van der Waals surface area contributed by atoms with Crippen LogP contribution < -0.4 is 5.32 Å². The monoisotopic (exact) mass is 378 g/mol. The van der Waals surface area contributed by atoms with Crippen LogP contribution in [0.1, 0.15) is 27.6 Å². The molecule has 0 saturated heterocycles. The lowest BCUT2D eigenvalue weighted by Gasteiger charge is -2.04. The van der Waals surface area contributed by atoms with Crippen LogP contribution in [-0.2, 0) is 4.74 Å². The van der Waals surface area contributed by atoms with Crippen molar-refractivity contribution in [3.05, 3.63) is 58.4 Å². The number of hydrogen-bond acceptors (Lipinski definition) is 5. The molecule has 1 aromatic heterocycles. The number of amides is 1. The van der Waals surface area contributed by atoms with Gasteiger partial charge in [0.25, 0.3) is 5.91 Å². The maximum atomic E-state index is 13.8. The number of ether oxygens (including phenoxy) is 1. The van der Waals surface area contributed by atoms with E-state index in [-0.39, 0.29) is 22.3 Å². The lowest BCUT2D eigenvalue weighted by molar-refractivity contribution is 0.0526. The SMILES string of the molecule is CCOC(=O)c1ccc2nc(NC(=O)c3c(F)cccc3Cl)sc2c1. The van der Waals surface area contributed by atoms with E-state index in [4.69, 9.17) is 16.3 Å². The molecule has 0 bridgehead atoms. The molecular formula is C17H12ClFN2O3S. The first-order valence-electron chi connectivity index (χ1n) is 7.32. The van der Waals surface area contributed by atoms with E-state index >= 15 is 0 Å². The highest BCUT2D eigenvalue weighted by Crippen LogP contribution is 2.28. The van der Waals surface area contributed by atoms with Crippen molar-refractivity contribution in [1.82, 2.24) is 4.98 Å². The summed E-state index contributed by atoms with van der Waals surface area (Å²) >= 11 is 7.05.